The lowest BCUT2D eigenvalue weighted by molar-refractivity contribution is 0.390. The molecule has 2 aromatic carbocycles. The van der Waals surface area contributed by atoms with Crippen molar-refractivity contribution in [2.45, 2.75) is 6.92 Å². The SMILES string of the molecule is COc1cc(OC)c2oc(-c3ccc(Cl)c(C)c3)c(O)c(=O)c2c1. The third-order valence-electron chi connectivity index (χ3n) is 3.78. The molecule has 0 amide bonds. The second-order valence-electron chi connectivity index (χ2n) is 5.28. The van der Waals surface area contributed by atoms with Crippen LogP contribution in [0.1, 0.15) is 5.56 Å². The highest BCUT2D eigenvalue weighted by atomic mass is 35.5. The zero-order valence-electron chi connectivity index (χ0n) is 13.3. The van der Waals surface area contributed by atoms with E-state index in [0.717, 1.165) is 5.56 Å². The first-order valence-electron chi connectivity index (χ1n) is 7.14. The number of hydrogen-bond acceptors (Lipinski definition) is 5. The van der Waals surface area contributed by atoms with Gasteiger partial charge in [0.15, 0.2) is 17.1 Å². The molecule has 0 bridgehead atoms. The molecule has 0 atom stereocenters. The number of ether oxygens (including phenoxy) is 2. The van der Waals surface area contributed by atoms with Crippen molar-refractivity contribution in [2.75, 3.05) is 14.2 Å². The third kappa shape index (κ3) is 2.57. The molecule has 6 heteroatoms. The summed E-state index contributed by atoms with van der Waals surface area (Å²) in [6.07, 6.45) is 0. The molecule has 0 radical (unpaired) electrons. The molecule has 1 aromatic heterocycles. The van der Waals surface area contributed by atoms with E-state index in [1.165, 1.54) is 20.3 Å². The summed E-state index contributed by atoms with van der Waals surface area (Å²) in [5, 5.41) is 11.1. The molecule has 0 saturated heterocycles. The van der Waals surface area contributed by atoms with E-state index < -0.39 is 11.2 Å². The van der Waals surface area contributed by atoms with Gasteiger partial charge in [-0.15, -0.1) is 0 Å². The van der Waals surface area contributed by atoms with E-state index in [2.05, 4.69) is 0 Å². The Morgan fingerprint density at radius 3 is 2.50 bits per heavy atom. The highest BCUT2D eigenvalue weighted by Gasteiger charge is 2.19. The van der Waals surface area contributed by atoms with E-state index in [1.807, 2.05) is 6.92 Å². The van der Waals surface area contributed by atoms with Crippen molar-refractivity contribution in [3.05, 3.63) is 51.1 Å². The maximum absolute atomic E-state index is 12.6. The van der Waals surface area contributed by atoms with Gasteiger partial charge < -0.3 is 19.0 Å². The third-order valence-corrected chi connectivity index (χ3v) is 4.21. The van der Waals surface area contributed by atoms with Crippen LogP contribution < -0.4 is 14.9 Å². The molecule has 3 aromatic rings. The van der Waals surface area contributed by atoms with Crippen molar-refractivity contribution >= 4 is 22.6 Å². The Bertz CT molecular complexity index is 991. The highest BCUT2D eigenvalue weighted by molar-refractivity contribution is 6.31. The van der Waals surface area contributed by atoms with Gasteiger partial charge in [-0.25, -0.2) is 0 Å². The minimum Gasteiger partial charge on any atom is -0.502 e. The number of aryl methyl sites for hydroxylation is 1. The predicted octanol–water partition coefficient (Wildman–Crippen LogP) is 4.14. The molecule has 5 nitrogen and oxygen atoms in total. The van der Waals surface area contributed by atoms with Gasteiger partial charge in [0.2, 0.25) is 11.2 Å². The minimum absolute atomic E-state index is 0.0655. The Labute approximate surface area is 143 Å². The number of aromatic hydroxyl groups is 1. The van der Waals surface area contributed by atoms with Gasteiger partial charge >= 0.3 is 0 Å². The predicted molar refractivity (Wildman–Crippen MR) is 92.4 cm³/mol. The first-order valence-corrected chi connectivity index (χ1v) is 7.52. The lowest BCUT2D eigenvalue weighted by Crippen LogP contribution is -2.04. The topological polar surface area (TPSA) is 68.9 Å². The van der Waals surface area contributed by atoms with Crippen molar-refractivity contribution < 1.29 is 19.0 Å². The zero-order valence-corrected chi connectivity index (χ0v) is 14.1. The standard InChI is InChI=1S/C18H15ClO5/c1-9-6-10(4-5-13(9)19)17-16(21)15(20)12-7-11(22-2)8-14(23-3)18(12)24-17/h4-8,21H,1-3H3. The molecule has 1 heterocycles. The molecule has 0 aliphatic carbocycles. The van der Waals surface area contributed by atoms with Gasteiger partial charge in [0.25, 0.3) is 0 Å². The van der Waals surface area contributed by atoms with Crippen LogP contribution in [-0.4, -0.2) is 19.3 Å². The fourth-order valence-electron chi connectivity index (χ4n) is 2.48. The van der Waals surface area contributed by atoms with Crippen molar-refractivity contribution in [3.8, 4) is 28.6 Å². The monoisotopic (exact) mass is 346 g/mol. The van der Waals surface area contributed by atoms with Gasteiger partial charge in [0, 0.05) is 16.7 Å². The first-order chi connectivity index (χ1) is 11.5. The molecule has 0 aliphatic heterocycles. The number of hydrogen-bond donors (Lipinski definition) is 1. The maximum Gasteiger partial charge on any atom is 0.235 e. The highest BCUT2D eigenvalue weighted by Crippen LogP contribution is 2.36. The largest absolute Gasteiger partial charge is 0.502 e. The summed E-state index contributed by atoms with van der Waals surface area (Å²) >= 11 is 6.03. The first kappa shape index (κ1) is 16.2. The van der Waals surface area contributed by atoms with Gasteiger partial charge in [-0.1, -0.05) is 11.6 Å². The summed E-state index contributed by atoms with van der Waals surface area (Å²) < 4.78 is 16.2. The van der Waals surface area contributed by atoms with Crippen LogP contribution in [0, 0.1) is 6.92 Å². The van der Waals surface area contributed by atoms with E-state index in [0.29, 0.717) is 22.1 Å². The molecule has 0 aliphatic rings. The molecule has 0 spiro atoms. The van der Waals surface area contributed by atoms with Crippen molar-refractivity contribution in [1.29, 1.82) is 0 Å². The molecule has 3 rings (SSSR count). The van der Waals surface area contributed by atoms with Gasteiger partial charge in [0.05, 0.1) is 19.6 Å². The van der Waals surface area contributed by atoms with Crippen LogP contribution in [0.5, 0.6) is 17.2 Å². The number of halogens is 1. The van der Waals surface area contributed by atoms with Crippen LogP contribution >= 0.6 is 11.6 Å². The molecule has 0 fully saturated rings. The summed E-state index contributed by atoms with van der Waals surface area (Å²) in [5.74, 6) is 0.366. The second-order valence-corrected chi connectivity index (χ2v) is 5.69. The Hall–Kier alpha value is -2.66. The van der Waals surface area contributed by atoms with Crippen LogP contribution in [0.25, 0.3) is 22.3 Å². The summed E-state index contributed by atoms with van der Waals surface area (Å²) in [5.41, 5.74) is 1.03. The van der Waals surface area contributed by atoms with Crippen LogP contribution in [0.4, 0.5) is 0 Å². The number of methoxy groups -OCH3 is 2. The van der Waals surface area contributed by atoms with Gasteiger partial charge in [-0.05, 0) is 36.8 Å². The quantitative estimate of drug-likeness (QED) is 0.771. The Morgan fingerprint density at radius 1 is 1.12 bits per heavy atom. The van der Waals surface area contributed by atoms with E-state index in [1.54, 1.807) is 24.3 Å². The fourth-order valence-corrected chi connectivity index (χ4v) is 2.60. The number of fused-ring (bicyclic) bond motifs is 1. The van der Waals surface area contributed by atoms with Crippen molar-refractivity contribution in [2.24, 2.45) is 0 Å². The summed E-state index contributed by atoms with van der Waals surface area (Å²) in [6, 6.07) is 8.21. The minimum atomic E-state index is -0.559. The van der Waals surface area contributed by atoms with E-state index in [4.69, 9.17) is 25.5 Å². The smallest absolute Gasteiger partial charge is 0.235 e. The summed E-state index contributed by atoms with van der Waals surface area (Å²) in [4.78, 5) is 12.6. The maximum atomic E-state index is 12.6. The van der Waals surface area contributed by atoms with E-state index >= 15 is 0 Å². The molecule has 1 N–H and O–H groups in total. The van der Waals surface area contributed by atoms with Crippen molar-refractivity contribution in [1.82, 2.24) is 0 Å². The van der Waals surface area contributed by atoms with E-state index in [-0.39, 0.29) is 16.7 Å². The van der Waals surface area contributed by atoms with Crippen LogP contribution in [0.15, 0.2) is 39.5 Å². The number of benzene rings is 2. The molecule has 24 heavy (non-hydrogen) atoms. The summed E-state index contributed by atoms with van der Waals surface area (Å²) in [6.45, 7) is 1.83. The molecule has 124 valence electrons. The normalized spacial score (nSPS) is 10.8. The average Bonchev–Trinajstić information content (AvgIpc) is 2.59. The Balaban J connectivity index is 2.36. The fraction of sp³-hybridized carbons (Fsp3) is 0.167. The Morgan fingerprint density at radius 2 is 1.88 bits per heavy atom. The lowest BCUT2D eigenvalue weighted by atomic mass is 10.1. The van der Waals surface area contributed by atoms with Gasteiger partial charge in [-0.2, -0.15) is 0 Å². The Kier molecular flexibility index (Phi) is 4.11. The van der Waals surface area contributed by atoms with Crippen LogP contribution in [-0.2, 0) is 0 Å². The van der Waals surface area contributed by atoms with Crippen LogP contribution in [0.2, 0.25) is 5.02 Å². The molecular formula is C18H15ClO5. The van der Waals surface area contributed by atoms with Gasteiger partial charge in [-0.3, -0.25) is 4.79 Å². The second kappa shape index (κ2) is 6.09. The van der Waals surface area contributed by atoms with E-state index in [9.17, 15) is 9.90 Å². The number of rotatable bonds is 3. The average molecular weight is 347 g/mol. The van der Waals surface area contributed by atoms with Crippen LogP contribution in [0.3, 0.4) is 0 Å². The van der Waals surface area contributed by atoms with Crippen molar-refractivity contribution in [3.63, 3.8) is 0 Å². The summed E-state index contributed by atoms with van der Waals surface area (Å²) in [7, 11) is 2.94. The lowest BCUT2D eigenvalue weighted by Gasteiger charge is -2.11. The zero-order chi connectivity index (χ0) is 17.4. The molecule has 0 saturated carbocycles. The van der Waals surface area contributed by atoms with Gasteiger partial charge in [0.1, 0.15) is 5.75 Å². The molecule has 0 unspecified atom stereocenters. The molecular weight excluding hydrogens is 332 g/mol.